The van der Waals surface area contributed by atoms with E-state index in [-0.39, 0.29) is 17.3 Å². The molecule has 13 heavy (non-hydrogen) atoms. The van der Waals surface area contributed by atoms with Crippen LogP contribution in [0.15, 0.2) is 4.99 Å². The van der Waals surface area contributed by atoms with Gasteiger partial charge in [-0.1, -0.05) is 25.6 Å². The zero-order valence-electron chi connectivity index (χ0n) is 7.83. The van der Waals surface area contributed by atoms with Crippen LogP contribution in [0, 0.1) is 5.41 Å². The molecule has 5 heteroatoms. The normalized spacial score (nSPS) is 17.5. The minimum Gasteiger partial charge on any atom is -0.396 e. The minimum absolute atomic E-state index is 0.119. The topological polar surface area (TPSA) is 61.7 Å². The summed E-state index contributed by atoms with van der Waals surface area (Å²) in [7, 11) is 0. The molecule has 0 bridgehead atoms. The summed E-state index contributed by atoms with van der Waals surface area (Å²) in [5, 5.41) is 11.9. The van der Waals surface area contributed by atoms with Crippen molar-refractivity contribution in [3.63, 3.8) is 0 Å². The lowest BCUT2D eigenvalue weighted by Gasteiger charge is -2.22. The number of aliphatic imine (C=N–C) groups is 1. The second-order valence-corrected chi connectivity index (χ2v) is 4.72. The molecule has 0 fully saturated rings. The van der Waals surface area contributed by atoms with Crippen molar-refractivity contribution in [3.05, 3.63) is 0 Å². The maximum absolute atomic E-state index is 10.7. The largest absolute Gasteiger partial charge is 0.396 e. The van der Waals surface area contributed by atoms with Gasteiger partial charge < -0.3 is 10.4 Å². The standard InChI is InChI=1S/C8H14N2O2S/c1-8(2,5-11)4-9-6-3-13-7(12)10-6/h11H,3-5H2,1-2H3,(H,9,10,12). The van der Waals surface area contributed by atoms with E-state index in [1.165, 1.54) is 11.8 Å². The van der Waals surface area contributed by atoms with E-state index in [0.717, 1.165) is 5.84 Å². The number of nitrogens with one attached hydrogen (secondary N) is 1. The molecule has 0 radical (unpaired) electrons. The zero-order chi connectivity index (χ0) is 9.90. The van der Waals surface area contributed by atoms with E-state index < -0.39 is 0 Å². The Morgan fingerprint density at radius 1 is 1.69 bits per heavy atom. The molecular weight excluding hydrogens is 188 g/mol. The number of rotatable bonds is 3. The average molecular weight is 202 g/mol. The Hall–Kier alpha value is -0.550. The molecular formula is C8H14N2O2S. The highest BCUT2D eigenvalue weighted by Crippen LogP contribution is 2.15. The summed E-state index contributed by atoms with van der Waals surface area (Å²) in [6, 6.07) is 0. The van der Waals surface area contributed by atoms with E-state index in [2.05, 4.69) is 10.3 Å². The lowest BCUT2D eigenvalue weighted by Crippen LogP contribution is -2.36. The monoisotopic (exact) mass is 202 g/mol. The third-order valence-electron chi connectivity index (χ3n) is 1.76. The first kappa shape index (κ1) is 10.5. The minimum atomic E-state index is -0.168. The van der Waals surface area contributed by atoms with Gasteiger partial charge in [0.2, 0.25) is 0 Å². The molecule has 0 unspecified atom stereocenters. The Morgan fingerprint density at radius 2 is 2.38 bits per heavy atom. The van der Waals surface area contributed by atoms with Gasteiger partial charge in [0.1, 0.15) is 5.84 Å². The van der Waals surface area contributed by atoms with Crippen molar-refractivity contribution in [2.45, 2.75) is 13.8 Å². The quantitative estimate of drug-likeness (QED) is 0.712. The third-order valence-corrected chi connectivity index (χ3v) is 2.51. The average Bonchev–Trinajstić information content (AvgIpc) is 2.48. The molecule has 0 aromatic rings. The van der Waals surface area contributed by atoms with Gasteiger partial charge >= 0.3 is 5.24 Å². The zero-order valence-corrected chi connectivity index (χ0v) is 8.65. The van der Waals surface area contributed by atoms with Crippen LogP contribution in [0.3, 0.4) is 0 Å². The van der Waals surface area contributed by atoms with Gasteiger partial charge in [0.25, 0.3) is 0 Å². The van der Waals surface area contributed by atoms with Gasteiger partial charge in [-0.2, -0.15) is 4.99 Å². The molecule has 4 nitrogen and oxygen atoms in total. The van der Waals surface area contributed by atoms with Gasteiger partial charge in [-0.15, -0.1) is 0 Å². The van der Waals surface area contributed by atoms with Crippen LogP contribution < -0.4 is 5.32 Å². The maximum Gasteiger partial charge on any atom is 0.306 e. The first-order chi connectivity index (χ1) is 6.03. The summed E-state index contributed by atoms with van der Waals surface area (Å²) in [5.41, 5.74) is -0.168. The van der Waals surface area contributed by atoms with Gasteiger partial charge in [-0.25, -0.2) is 0 Å². The summed E-state index contributed by atoms with van der Waals surface area (Å²) in [4.78, 5) is 14.5. The molecule has 74 valence electrons. The van der Waals surface area contributed by atoms with Crippen LogP contribution in [0.4, 0.5) is 4.79 Å². The second-order valence-electron chi connectivity index (χ2n) is 3.79. The lowest BCUT2D eigenvalue weighted by atomic mass is 9.95. The third kappa shape index (κ3) is 3.36. The Labute approximate surface area is 81.8 Å². The van der Waals surface area contributed by atoms with Crippen LogP contribution in [0.1, 0.15) is 13.8 Å². The number of carbonyl (C=O) groups is 1. The molecule has 1 amide bonds. The van der Waals surface area contributed by atoms with Crippen molar-refractivity contribution in [3.8, 4) is 0 Å². The SMILES string of the molecule is CC(C)(CO)CNC1=NC(=O)SC1. The Morgan fingerprint density at radius 3 is 2.85 bits per heavy atom. The van der Waals surface area contributed by atoms with Crippen molar-refractivity contribution in [1.82, 2.24) is 5.32 Å². The molecule has 0 aromatic heterocycles. The van der Waals surface area contributed by atoms with Crippen LogP contribution >= 0.6 is 11.8 Å². The summed E-state index contributed by atoms with van der Waals surface area (Å²) < 4.78 is 0. The number of hydrogen-bond donors (Lipinski definition) is 2. The molecule has 2 N–H and O–H groups in total. The molecule has 0 atom stereocenters. The highest BCUT2D eigenvalue weighted by Gasteiger charge is 2.19. The highest BCUT2D eigenvalue weighted by molar-refractivity contribution is 8.14. The van der Waals surface area contributed by atoms with E-state index in [0.29, 0.717) is 12.3 Å². The predicted octanol–water partition coefficient (Wildman–Crippen LogP) is 0.860. The number of amidine groups is 1. The summed E-state index contributed by atoms with van der Waals surface area (Å²) in [6.07, 6.45) is 0. The number of carbonyl (C=O) groups excluding carboxylic acids is 1. The van der Waals surface area contributed by atoms with Crippen LogP contribution in [0.2, 0.25) is 0 Å². The molecule has 0 spiro atoms. The van der Waals surface area contributed by atoms with Crippen molar-refractivity contribution < 1.29 is 9.90 Å². The fourth-order valence-corrected chi connectivity index (χ4v) is 1.39. The van der Waals surface area contributed by atoms with E-state index in [1.54, 1.807) is 0 Å². The van der Waals surface area contributed by atoms with Crippen molar-refractivity contribution in [2.75, 3.05) is 18.9 Å². The molecule has 0 saturated carbocycles. The van der Waals surface area contributed by atoms with Crippen LogP contribution in [-0.2, 0) is 0 Å². The number of amides is 1. The fraction of sp³-hybridized carbons (Fsp3) is 0.750. The van der Waals surface area contributed by atoms with Crippen molar-refractivity contribution in [1.29, 1.82) is 0 Å². The Kier molecular flexibility index (Phi) is 3.33. The van der Waals surface area contributed by atoms with Crippen LogP contribution in [0.25, 0.3) is 0 Å². The van der Waals surface area contributed by atoms with Gasteiger partial charge in [0.05, 0.1) is 5.75 Å². The number of thioether (sulfide) groups is 1. The van der Waals surface area contributed by atoms with Gasteiger partial charge in [-0.3, -0.25) is 4.79 Å². The van der Waals surface area contributed by atoms with Gasteiger partial charge in [0.15, 0.2) is 0 Å². The fourth-order valence-electron chi connectivity index (χ4n) is 0.793. The van der Waals surface area contributed by atoms with E-state index in [1.807, 2.05) is 13.8 Å². The first-order valence-corrected chi connectivity index (χ1v) is 5.11. The van der Waals surface area contributed by atoms with Crippen LogP contribution in [-0.4, -0.2) is 35.1 Å². The molecule has 1 heterocycles. The van der Waals surface area contributed by atoms with E-state index >= 15 is 0 Å². The summed E-state index contributed by atoms with van der Waals surface area (Å²) in [6.45, 7) is 4.65. The van der Waals surface area contributed by atoms with Crippen molar-refractivity contribution in [2.24, 2.45) is 10.4 Å². The molecule has 1 aliphatic rings. The summed E-state index contributed by atoms with van der Waals surface area (Å²) >= 11 is 1.20. The number of hydrogen-bond acceptors (Lipinski definition) is 4. The highest BCUT2D eigenvalue weighted by atomic mass is 32.2. The predicted molar refractivity (Wildman–Crippen MR) is 54.2 cm³/mol. The van der Waals surface area contributed by atoms with E-state index in [4.69, 9.17) is 5.11 Å². The lowest BCUT2D eigenvalue weighted by molar-refractivity contribution is 0.162. The van der Waals surface area contributed by atoms with E-state index in [9.17, 15) is 4.79 Å². The maximum atomic E-state index is 10.7. The van der Waals surface area contributed by atoms with Gasteiger partial charge in [-0.05, 0) is 0 Å². The second kappa shape index (κ2) is 4.11. The Bertz CT molecular complexity index is 238. The Balaban J connectivity index is 2.35. The molecule has 0 aromatic carbocycles. The van der Waals surface area contributed by atoms with Gasteiger partial charge in [0, 0.05) is 18.6 Å². The van der Waals surface area contributed by atoms with Crippen LogP contribution in [0.5, 0.6) is 0 Å². The summed E-state index contributed by atoms with van der Waals surface area (Å²) in [5.74, 6) is 1.34. The molecule has 1 aliphatic heterocycles. The number of aliphatic hydroxyl groups excluding tert-OH is 1. The number of aliphatic hydroxyl groups is 1. The van der Waals surface area contributed by atoms with Crippen molar-refractivity contribution >= 4 is 22.8 Å². The molecule has 0 aliphatic carbocycles. The molecule has 1 rings (SSSR count). The molecule has 0 saturated heterocycles. The smallest absolute Gasteiger partial charge is 0.306 e. The first-order valence-electron chi connectivity index (χ1n) is 4.12. The number of nitrogens with zero attached hydrogens (tertiary/aromatic N) is 1.